The maximum absolute atomic E-state index is 11.2. The molecule has 0 aromatic heterocycles. The number of carbonyl (C=O) groups is 1. The van der Waals surface area contributed by atoms with E-state index < -0.39 is 0 Å². The van der Waals surface area contributed by atoms with Crippen LogP contribution < -0.4 is 14.8 Å². The smallest absolute Gasteiger partial charge is 0.258 e. The van der Waals surface area contributed by atoms with Gasteiger partial charge in [-0.3, -0.25) is 4.79 Å². The molecule has 0 radical (unpaired) electrons. The Labute approximate surface area is 108 Å². The molecule has 0 fully saturated rings. The Morgan fingerprint density at radius 2 is 2.29 bits per heavy atom. The minimum atomic E-state index is -0.276. The van der Waals surface area contributed by atoms with Crippen LogP contribution in [0.5, 0.6) is 11.5 Å². The van der Waals surface area contributed by atoms with Crippen LogP contribution in [0.4, 0.5) is 0 Å². The number of aliphatic hydroxyl groups is 1. The van der Waals surface area contributed by atoms with Gasteiger partial charge in [-0.1, -0.05) is 0 Å². The fraction of sp³-hybridized carbons (Fsp3) is 0.364. The van der Waals surface area contributed by atoms with Crippen LogP contribution in [0.1, 0.15) is 0 Å². The van der Waals surface area contributed by atoms with E-state index in [-0.39, 0.29) is 25.7 Å². The third-order valence-electron chi connectivity index (χ3n) is 1.93. The normalized spacial score (nSPS) is 9.82. The van der Waals surface area contributed by atoms with E-state index in [1.165, 1.54) is 0 Å². The van der Waals surface area contributed by atoms with Crippen molar-refractivity contribution in [3.63, 3.8) is 0 Å². The lowest BCUT2D eigenvalue weighted by Gasteiger charge is -2.09. The van der Waals surface area contributed by atoms with Gasteiger partial charge in [0, 0.05) is 6.54 Å². The van der Waals surface area contributed by atoms with Crippen molar-refractivity contribution in [2.45, 2.75) is 0 Å². The highest BCUT2D eigenvalue weighted by atomic mass is 79.9. The number of ether oxygens (including phenoxy) is 2. The fourth-order valence-corrected chi connectivity index (χ4v) is 1.59. The van der Waals surface area contributed by atoms with Crippen LogP contribution in [0, 0.1) is 0 Å². The molecule has 5 nitrogen and oxygen atoms in total. The molecule has 1 aromatic carbocycles. The molecule has 0 heterocycles. The van der Waals surface area contributed by atoms with Crippen LogP contribution in [0.25, 0.3) is 0 Å². The zero-order chi connectivity index (χ0) is 12.7. The van der Waals surface area contributed by atoms with Gasteiger partial charge in [0.1, 0.15) is 11.5 Å². The van der Waals surface area contributed by atoms with Gasteiger partial charge in [-0.05, 0) is 34.1 Å². The van der Waals surface area contributed by atoms with Crippen LogP contribution in [-0.2, 0) is 4.79 Å². The Bertz CT molecular complexity index is 384. The molecule has 0 spiro atoms. The van der Waals surface area contributed by atoms with Crippen molar-refractivity contribution in [1.82, 2.24) is 5.32 Å². The summed E-state index contributed by atoms with van der Waals surface area (Å²) in [6.45, 7) is 0.0505. The van der Waals surface area contributed by atoms with E-state index in [0.29, 0.717) is 16.0 Å². The summed E-state index contributed by atoms with van der Waals surface area (Å²) in [7, 11) is 1.57. The van der Waals surface area contributed by atoms with E-state index in [4.69, 9.17) is 14.6 Å². The van der Waals surface area contributed by atoms with Gasteiger partial charge in [0.25, 0.3) is 5.91 Å². The van der Waals surface area contributed by atoms with E-state index in [0.717, 1.165) is 0 Å². The lowest BCUT2D eigenvalue weighted by molar-refractivity contribution is -0.123. The molecular weight excluding hydrogens is 290 g/mol. The highest BCUT2D eigenvalue weighted by Crippen LogP contribution is 2.28. The van der Waals surface area contributed by atoms with Crippen LogP contribution in [-0.4, -0.2) is 37.9 Å². The maximum Gasteiger partial charge on any atom is 0.258 e. The first-order chi connectivity index (χ1) is 8.17. The number of aliphatic hydroxyl groups excluding tert-OH is 1. The second kappa shape index (κ2) is 7.13. The Kier molecular flexibility index (Phi) is 5.79. The van der Waals surface area contributed by atoms with Gasteiger partial charge in [0.15, 0.2) is 6.61 Å². The summed E-state index contributed by atoms with van der Waals surface area (Å²) in [5.74, 6) is 0.987. The van der Waals surface area contributed by atoms with Crippen molar-refractivity contribution in [1.29, 1.82) is 0 Å². The molecule has 0 atom stereocenters. The number of benzene rings is 1. The van der Waals surface area contributed by atoms with Crippen molar-refractivity contribution in [3.8, 4) is 11.5 Å². The lowest BCUT2D eigenvalue weighted by Crippen LogP contribution is -2.31. The van der Waals surface area contributed by atoms with Crippen molar-refractivity contribution < 1.29 is 19.4 Å². The number of carbonyl (C=O) groups excluding carboxylic acids is 1. The quantitative estimate of drug-likeness (QED) is 0.821. The molecule has 0 aliphatic rings. The number of methoxy groups -OCH3 is 1. The van der Waals surface area contributed by atoms with E-state index in [9.17, 15) is 4.79 Å². The van der Waals surface area contributed by atoms with Crippen LogP contribution >= 0.6 is 15.9 Å². The number of hydrogen-bond acceptors (Lipinski definition) is 4. The van der Waals surface area contributed by atoms with E-state index >= 15 is 0 Å². The monoisotopic (exact) mass is 303 g/mol. The Morgan fingerprint density at radius 3 is 2.88 bits per heavy atom. The second-order valence-electron chi connectivity index (χ2n) is 3.16. The van der Waals surface area contributed by atoms with Crippen molar-refractivity contribution in [2.24, 2.45) is 0 Å². The topological polar surface area (TPSA) is 67.8 Å². The molecule has 6 heteroatoms. The summed E-state index contributed by atoms with van der Waals surface area (Å²) in [6, 6.07) is 5.20. The Hall–Kier alpha value is -1.27. The molecule has 0 bridgehead atoms. The molecular formula is C11H14BrNO4. The molecule has 17 heavy (non-hydrogen) atoms. The first kappa shape index (κ1) is 13.8. The summed E-state index contributed by atoms with van der Waals surface area (Å²) in [5.41, 5.74) is 0. The van der Waals surface area contributed by atoms with Crippen LogP contribution in [0.3, 0.4) is 0 Å². The Morgan fingerprint density at radius 1 is 1.53 bits per heavy atom. The van der Waals surface area contributed by atoms with Crippen LogP contribution in [0.15, 0.2) is 22.7 Å². The summed E-state index contributed by atoms with van der Waals surface area (Å²) in [4.78, 5) is 11.2. The summed E-state index contributed by atoms with van der Waals surface area (Å²) in [5, 5.41) is 11.0. The standard InChI is InChI=1S/C11H14BrNO4/c1-16-8-2-3-10(9(12)6-8)17-7-11(15)13-4-5-14/h2-3,6,14H,4-5,7H2,1H3,(H,13,15). The maximum atomic E-state index is 11.2. The zero-order valence-electron chi connectivity index (χ0n) is 9.40. The first-order valence-corrected chi connectivity index (χ1v) is 5.80. The predicted octanol–water partition coefficient (Wildman–Crippen LogP) is 0.945. The third kappa shape index (κ3) is 4.62. The van der Waals surface area contributed by atoms with E-state index in [2.05, 4.69) is 21.2 Å². The van der Waals surface area contributed by atoms with Crippen molar-refractivity contribution in [3.05, 3.63) is 22.7 Å². The van der Waals surface area contributed by atoms with Gasteiger partial charge >= 0.3 is 0 Å². The molecule has 94 valence electrons. The number of nitrogens with one attached hydrogen (secondary N) is 1. The second-order valence-corrected chi connectivity index (χ2v) is 4.01. The number of rotatable bonds is 6. The van der Waals surface area contributed by atoms with Crippen LogP contribution in [0.2, 0.25) is 0 Å². The number of halogens is 1. The summed E-state index contributed by atoms with van der Waals surface area (Å²) < 4.78 is 11.0. The highest BCUT2D eigenvalue weighted by Gasteiger charge is 2.06. The summed E-state index contributed by atoms with van der Waals surface area (Å²) in [6.07, 6.45) is 0. The van der Waals surface area contributed by atoms with Gasteiger partial charge in [-0.2, -0.15) is 0 Å². The number of hydrogen-bond donors (Lipinski definition) is 2. The lowest BCUT2D eigenvalue weighted by atomic mass is 10.3. The fourth-order valence-electron chi connectivity index (χ4n) is 1.12. The number of amides is 1. The van der Waals surface area contributed by atoms with E-state index in [1.54, 1.807) is 25.3 Å². The largest absolute Gasteiger partial charge is 0.497 e. The van der Waals surface area contributed by atoms with Gasteiger partial charge in [-0.25, -0.2) is 0 Å². The highest BCUT2D eigenvalue weighted by molar-refractivity contribution is 9.10. The predicted molar refractivity (Wildman–Crippen MR) is 66.3 cm³/mol. The molecule has 0 unspecified atom stereocenters. The molecule has 0 saturated heterocycles. The van der Waals surface area contributed by atoms with Gasteiger partial charge in [0.05, 0.1) is 18.2 Å². The zero-order valence-corrected chi connectivity index (χ0v) is 11.0. The van der Waals surface area contributed by atoms with Crippen molar-refractivity contribution >= 4 is 21.8 Å². The van der Waals surface area contributed by atoms with E-state index in [1.807, 2.05) is 0 Å². The summed E-state index contributed by atoms with van der Waals surface area (Å²) >= 11 is 3.31. The molecule has 1 amide bonds. The molecule has 0 aliphatic heterocycles. The molecule has 1 aromatic rings. The Balaban J connectivity index is 2.49. The molecule has 2 N–H and O–H groups in total. The average molecular weight is 304 g/mol. The minimum Gasteiger partial charge on any atom is -0.497 e. The van der Waals surface area contributed by atoms with Gasteiger partial charge < -0.3 is 19.9 Å². The first-order valence-electron chi connectivity index (χ1n) is 5.01. The minimum absolute atomic E-state index is 0.0853. The molecule has 0 saturated carbocycles. The van der Waals surface area contributed by atoms with Gasteiger partial charge in [-0.15, -0.1) is 0 Å². The molecule has 0 aliphatic carbocycles. The average Bonchev–Trinajstić information content (AvgIpc) is 2.34. The SMILES string of the molecule is COc1ccc(OCC(=O)NCCO)c(Br)c1. The molecule has 1 rings (SSSR count). The van der Waals surface area contributed by atoms with Crippen molar-refractivity contribution in [2.75, 3.05) is 26.9 Å². The van der Waals surface area contributed by atoms with Gasteiger partial charge in [0.2, 0.25) is 0 Å². The third-order valence-corrected chi connectivity index (χ3v) is 2.55.